The maximum atomic E-state index is 12.4. The van der Waals surface area contributed by atoms with E-state index in [4.69, 9.17) is 0 Å². The summed E-state index contributed by atoms with van der Waals surface area (Å²) in [4.78, 5) is 11.0. The monoisotopic (exact) mass is 220 g/mol. The minimum absolute atomic E-state index is 0.412. The van der Waals surface area contributed by atoms with Gasteiger partial charge in [0.15, 0.2) is 0 Å². The van der Waals surface area contributed by atoms with Gasteiger partial charge >= 0.3 is 6.03 Å². The summed E-state index contributed by atoms with van der Waals surface area (Å²) in [5, 5.41) is 24.0. The van der Waals surface area contributed by atoms with Crippen molar-refractivity contribution in [2.24, 2.45) is 5.92 Å². The lowest BCUT2D eigenvalue weighted by Crippen LogP contribution is -2.55. The fraction of sp³-hybridized carbons (Fsp3) is 0.889. The van der Waals surface area contributed by atoms with Crippen molar-refractivity contribution in [1.82, 2.24) is 10.6 Å². The number of carbonyl (C=O) groups is 1. The summed E-state index contributed by atoms with van der Waals surface area (Å²) in [6, 6.07) is -0.923. The van der Waals surface area contributed by atoms with Crippen molar-refractivity contribution in [2.75, 3.05) is 13.7 Å². The molecule has 0 aromatic heterocycles. The normalized spacial score (nSPS) is 36.0. The van der Waals surface area contributed by atoms with Crippen LogP contribution in [-0.4, -0.2) is 48.2 Å². The van der Waals surface area contributed by atoms with Gasteiger partial charge in [-0.2, -0.15) is 0 Å². The van der Waals surface area contributed by atoms with E-state index in [9.17, 15) is 19.4 Å². The standard InChI is InChI=1S/C9H17FN2O3/c1-11-9(15)12-6-3-2-5(4-10)7(13)8(6)14/h5-8,13-14H,2-4H2,1H3,(H2,11,12,15)/t5?,6-,7+,8?/m0/s1. The highest BCUT2D eigenvalue weighted by atomic mass is 19.1. The Balaban J connectivity index is 2.52. The molecule has 0 bridgehead atoms. The molecule has 0 heterocycles. The number of aliphatic hydroxyl groups is 2. The number of alkyl halides is 1. The minimum atomic E-state index is -1.11. The fourth-order valence-electron chi connectivity index (χ4n) is 1.82. The Morgan fingerprint density at radius 1 is 1.40 bits per heavy atom. The van der Waals surface area contributed by atoms with E-state index in [-0.39, 0.29) is 0 Å². The van der Waals surface area contributed by atoms with Crippen molar-refractivity contribution >= 4 is 6.03 Å². The maximum absolute atomic E-state index is 12.4. The largest absolute Gasteiger partial charge is 0.390 e. The van der Waals surface area contributed by atoms with E-state index in [1.165, 1.54) is 7.05 Å². The number of hydrogen-bond donors (Lipinski definition) is 4. The predicted molar refractivity (Wildman–Crippen MR) is 52.1 cm³/mol. The second-order valence-electron chi connectivity index (χ2n) is 3.80. The molecule has 2 unspecified atom stereocenters. The van der Waals surface area contributed by atoms with Crippen LogP contribution in [0.5, 0.6) is 0 Å². The van der Waals surface area contributed by atoms with E-state index in [1.54, 1.807) is 0 Å². The summed E-state index contributed by atoms with van der Waals surface area (Å²) in [6.45, 7) is -0.648. The van der Waals surface area contributed by atoms with Crippen LogP contribution in [0.4, 0.5) is 9.18 Å². The Morgan fingerprint density at radius 2 is 2.07 bits per heavy atom. The average Bonchev–Trinajstić information content (AvgIpc) is 2.25. The lowest BCUT2D eigenvalue weighted by molar-refractivity contribution is -0.0651. The molecule has 1 saturated carbocycles. The van der Waals surface area contributed by atoms with Gasteiger partial charge in [0.05, 0.1) is 18.8 Å². The van der Waals surface area contributed by atoms with Crippen molar-refractivity contribution in [3.63, 3.8) is 0 Å². The van der Waals surface area contributed by atoms with Crippen LogP contribution >= 0.6 is 0 Å². The van der Waals surface area contributed by atoms with E-state index >= 15 is 0 Å². The summed E-state index contributed by atoms with van der Waals surface area (Å²) >= 11 is 0. The number of aliphatic hydroxyl groups excluding tert-OH is 2. The van der Waals surface area contributed by atoms with Gasteiger partial charge in [-0.25, -0.2) is 4.79 Å². The summed E-state index contributed by atoms with van der Waals surface area (Å²) in [5.74, 6) is -0.525. The van der Waals surface area contributed by atoms with E-state index in [0.29, 0.717) is 12.8 Å². The topological polar surface area (TPSA) is 81.6 Å². The van der Waals surface area contributed by atoms with Gasteiger partial charge in [-0.1, -0.05) is 0 Å². The Labute approximate surface area is 87.7 Å². The molecule has 1 rings (SSSR count). The van der Waals surface area contributed by atoms with Crippen LogP contribution in [-0.2, 0) is 0 Å². The average molecular weight is 220 g/mol. The molecule has 88 valence electrons. The number of rotatable bonds is 2. The first-order valence-electron chi connectivity index (χ1n) is 5.00. The third-order valence-electron chi connectivity index (χ3n) is 2.84. The first-order valence-corrected chi connectivity index (χ1v) is 5.00. The lowest BCUT2D eigenvalue weighted by Gasteiger charge is -2.36. The van der Waals surface area contributed by atoms with Gasteiger partial charge in [0, 0.05) is 13.0 Å². The molecule has 6 heteroatoms. The molecule has 1 aliphatic rings. The van der Waals surface area contributed by atoms with Gasteiger partial charge in [-0.15, -0.1) is 0 Å². The highest BCUT2D eigenvalue weighted by Gasteiger charge is 2.37. The first-order chi connectivity index (χ1) is 7.10. The van der Waals surface area contributed by atoms with Gasteiger partial charge in [-0.3, -0.25) is 4.39 Å². The van der Waals surface area contributed by atoms with Crippen LogP contribution in [0, 0.1) is 5.92 Å². The number of halogens is 1. The van der Waals surface area contributed by atoms with E-state index < -0.39 is 36.9 Å². The lowest BCUT2D eigenvalue weighted by atomic mass is 9.82. The molecule has 4 atom stereocenters. The van der Waals surface area contributed by atoms with Gasteiger partial charge in [0.2, 0.25) is 0 Å². The number of amides is 2. The van der Waals surface area contributed by atoms with Gasteiger partial charge in [-0.05, 0) is 12.8 Å². The Bertz CT molecular complexity index is 227. The fourth-order valence-corrected chi connectivity index (χ4v) is 1.82. The summed E-state index contributed by atoms with van der Waals surface area (Å²) in [7, 11) is 1.46. The van der Waals surface area contributed by atoms with Crippen molar-refractivity contribution in [1.29, 1.82) is 0 Å². The SMILES string of the molecule is CNC(=O)N[C@H]1CCC(CF)[C@@H](O)C1O. The van der Waals surface area contributed by atoms with Crippen molar-refractivity contribution < 1.29 is 19.4 Å². The summed E-state index contributed by atoms with van der Waals surface area (Å²) in [6.07, 6.45) is -1.27. The molecule has 0 saturated heterocycles. The second kappa shape index (κ2) is 5.27. The molecule has 0 aromatic carbocycles. The third-order valence-corrected chi connectivity index (χ3v) is 2.84. The van der Waals surface area contributed by atoms with Crippen LogP contribution in [0.25, 0.3) is 0 Å². The molecule has 0 aliphatic heterocycles. The molecule has 1 fully saturated rings. The van der Waals surface area contributed by atoms with Gasteiger partial charge in [0.1, 0.15) is 6.10 Å². The number of urea groups is 1. The van der Waals surface area contributed by atoms with Crippen LogP contribution in [0.3, 0.4) is 0 Å². The van der Waals surface area contributed by atoms with E-state index in [1.807, 2.05) is 0 Å². The Hall–Kier alpha value is -0.880. The second-order valence-corrected chi connectivity index (χ2v) is 3.80. The smallest absolute Gasteiger partial charge is 0.314 e. The quantitative estimate of drug-likeness (QED) is 0.501. The maximum Gasteiger partial charge on any atom is 0.314 e. The number of carbonyl (C=O) groups excluding carboxylic acids is 1. The zero-order valence-electron chi connectivity index (χ0n) is 8.61. The van der Waals surface area contributed by atoms with Crippen molar-refractivity contribution in [3.8, 4) is 0 Å². The van der Waals surface area contributed by atoms with Gasteiger partial charge in [0.25, 0.3) is 0 Å². The molecule has 0 spiro atoms. The Kier molecular flexibility index (Phi) is 4.28. The molecule has 15 heavy (non-hydrogen) atoms. The highest BCUT2D eigenvalue weighted by Crippen LogP contribution is 2.25. The zero-order valence-corrected chi connectivity index (χ0v) is 8.61. The Morgan fingerprint density at radius 3 is 2.60 bits per heavy atom. The molecular weight excluding hydrogens is 203 g/mol. The number of hydrogen-bond acceptors (Lipinski definition) is 3. The van der Waals surface area contributed by atoms with Gasteiger partial charge < -0.3 is 20.8 Å². The molecular formula is C9H17FN2O3. The van der Waals surface area contributed by atoms with Crippen molar-refractivity contribution in [3.05, 3.63) is 0 Å². The predicted octanol–water partition coefficient (Wildman–Crippen LogP) is -0.615. The van der Waals surface area contributed by atoms with Crippen molar-refractivity contribution in [2.45, 2.75) is 31.1 Å². The third kappa shape index (κ3) is 2.79. The number of nitrogens with one attached hydrogen (secondary N) is 2. The zero-order chi connectivity index (χ0) is 11.4. The molecule has 2 amide bonds. The van der Waals surface area contributed by atoms with Crippen LogP contribution < -0.4 is 10.6 Å². The molecule has 5 nitrogen and oxygen atoms in total. The highest BCUT2D eigenvalue weighted by molar-refractivity contribution is 5.73. The molecule has 0 radical (unpaired) electrons. The van der Waals surface area contributed by atoms with Crippen LogP contribution in [0.1, 0.15) is 12.8 Å². The molecule has 0 aromatic rings. The van der Waals surface area contributed by atoms with E-state index in [0.717, 1.165) is 0 Å². The summed E-state index contributed by atoms with van der Waals surface area (Å²) < 4.78 is 12.4. The summed E-state index contributed by atoms with van der Waals surface area (Å²) in [5.41, 5.74) is 0. The van der Waals surface area contributed by atoms with E-state index in [2.05, 4.69) is 10.6 Å². The van der Waals surface area contributed by atoms with Crippen LogP contribution in [0.2, 0.25) is 0 Å². The van der Waals surface area contributed by atoms with Crippen LogP contribution in [0.15, 0.2) is 0 Å². The molecule has 4 N–H and O–H groups in total. The minimum Gasteiger partial charge on any atom is -0.390 e. The molecule has 1 aliphatic carbocycles. The first kappa shape index (κ1) is 12.2.